The van der Waals surface area contributed by atoms with Crippen LogP contribution in [0.25, 0.3) is 0 Å². The topological polar surface area (TPSA) is 75.3 Å². The first-order valence-corrected chi connectivity index (χ1v) is 8.76. The average molecular weight is 350 g/mol. The van der Waals surface area contributed by atoms with Crippen molar-refractivity contribution in [1.82, 2.24) is 4.72 Å². The van der Waals surface area contributed by atoms with Gasteiger partial charge >= 0.3 is 0 Å². The fourth-order valence-corrected chi connectivity index (χ4v) is 3.47. The molecule has 0 radical (unpaired) electrons. The van der Waals surface area contributed by atoms with E-state index >= 15 is 0 Å². The summed E-state index contributed by atoms with van der Waals surface area (Å²) >= 11 is 0. The van der Waals surface area contributed by atoms with Crippen molar-refractivity contribution in [3.8, 4) is 0 Å². The van der Waals surface area contributed by atoms with Crippen LogP contribution in [0.3, 0.4) is 0 Å². The van der Waals surface area contributed by atoms with Crippen molar-refractivity contribution in [3.05, 3.63) is 59.9 Å². The van der Waals surface area contributed by atoms with Crippen LogP contribution in [0.15, 0.2) is 53.4 Å². The van der Waals surface area contributed by atoms with E-state index in [1.54, 1.807) is 20.8 Å². The Morgan fingerprint density at radius 1 is 1.04 bits per heavy atom. The lowest BCUT2D eigenvalue weighted by Gasteiger charge is -2.20. The predicted molar refractivity (Wildman–Crippen MR) is 90.9 cm³/mol. The summed E-state index contributed by atoms with van der Waals surface area (Å²) < 4.78 is 40.1. The number of carbonyl (C=O) groups excluding carboxylic acids is 1. The molecule has 0 aromatic heterocycles. The van der Waals surface area contributed by atoms with Crippen LogP contribution in [0.1, 0.15) is 31.1 Å². The van der Waals surface area contributed by atoms with Gasteiger partial charge in [-0.05, 0) is 63.2 Å². The van der Waals surface area contributed by atoms with Crippen LogP contribution < -0.4 is 10.0 Å². The second-order valence-electron chi connectivity index (χ2n) is 6.34. The molecule has 0 saturated carbocycles. The number of nitrogens with one attached hydrogen (secondary N) is 2. The van der Waals surface area contributed by atoms with Gasteiger partial charge in [-0.3, -0.25) is 4.79 Å². The molecule has 0 bridgehead atoms. The third kappa shape index (κ3) is 4.87. The molecular formula is C17H19FN2O3S. The molecule has 0 unspecified atom stereocenters. The second-order valence-corrected chi connectivity index (χ2v) is 8.03. The molecule has 24 heavy (non-hydrogen) atoms. The molecule has 0 heterocycles. The molecule has 2 aromatic rings. The van der Waals surface area contributed by atoms with Crippen molar-refractivity contribution in [1.29, 1.82) is 0 Å². The molecule has 0 atom stereocenters. The lowest BCUT2D eigenvalue weighted by Crippen LogP contribution is -2.40. The zero-order valence-corrected chi connectivity index (χ0v) is 14.4. The maximum atomic E-state index is 12.9. The van der Waals surface area contributed by atoms with E-state index in [0.29, 0.717) is 5.69 Å². The number of amides is 1. The summed E-state index contributed by atoms with van der Waals surface area (Å²) in [6.45, 7) is 5.20. The third-order valence-corrected chi connectivity index (χ3v) is 4.70. The molecule has 0 aliphatic carbocycles. The van der Waals surface area contributed by atoms with Gasteiger partial charge in [0, 0.05) is 16.8 Å². The van der Waals surface area contributed by atoms with Gasteiger partial charge in [-0.1, -0.05) is 6.07 Å². The van der Waals surface area contributed by atoms with Crippen molar-refractivity contribution in [2.24, 2.45) is 0 Å². The maximum Gasteiger partial charge on any atom is 0.255 e. The normalized spacial score (nSPS) is 12.0. The Balaban J connectivity index is 2.23. The number of halogens is 1. The Kier molecular flexibility index (Phi) is 5.05. The fourth-order valence-electron chi connectivity index (χ4n) is 2.00. The number of anilines is 1. The van der Waals surface area contributed by atoms with Gasteiger partial charge < -0.3 is 5.32 Å². The highest BCUT2D eigenvalue weighted by atomic mass is 32.2. The van der Waals surface area contributed by atoms with Crippen LogP contribution in [0.4, 0.5) is 10.1 Å². The molecular weight excluding hydrogens is 331 g/mol. The van der Waals surface area contributed by atoms with Crippen molar-refractivity contribution in [2.45, 2.75) is 31.2 Å². The quantitative estimate of drug-likeness (QED) is 0.889. The van der Waals surface area contributed by atoms with E-state index in [1.165, 1.54) is 48.5 Å². The summed E-state index contributed by atoms with van der Waals surface area (Å²) in [4.78, 5) is 12.2. The van der Waals surface area contributed by atoms with E-state index in [2.05, 4.69) is 10.0 Å². The number of carbonyl (C=O) groups is 1. The number of rotatable bonds is 4. The van der Waals surface area contributed by atoms with E-state index in [1.807, 2.05) is 0 Å². The monoisotopic (exact) mass is 350 g/mol. The lowest BCUT2D eigenvalue weighted by molar-refractivity contribution is 0.102. The highest BCUT2D eigenvalue weighted by molar-refractivity contribution is 7.89. The van der Waals surface area contributed by atoms with Gasteiger partial charge in [0.25, 0.3) is 5.91 Å². The van der Waals surface area contributed by atoms with E-state index in [4.69, 9.17) is 0 Å². The molecule has 1 amide bonds. The van der Waals surface area contributed by atoms with Gasteiger partial charge in [0.05, 0.1) is 4.90 Å². The summed E-state index contributed by atoms with van der Waals surface area (Å²) in [5.74, 6) is -0.885. The van der Waals surface area contributed by atoms with Crippen molar-refractivity contribution in [2.75, 3.05) is 5.32 Å². The zero-order valence-electron chi connectivity index (χ0n) is 13.6. The van der Waals surface area contributed by atoms with Gasteiger partial charge in [0.15, 0.2) is 0 Å². The van der Waals surface area contributed by atoms with Crippen LogP contribution in [0.5, 0.6) is 0 Å². The number of sulfonamides is 1. The van der Waals surface area contributed by atoms with E-state index < -0.39 is 27.3 Å². The highest BCUT2D eigenvalue weighted by Crippen LogP contribution is 2.16. The van der Waals surface area contributed by atoms with Gasteiger partial charge in [-0.25, -0.2) is 17.5 Å². The molecule has 0 fully saturated rings. The first kappa shape index (κ1) is 18.1. The molecule has 0 saturated heterocycles. The van der Waals surface area contributed by atoms with Crippen LogP contribution in [0.2, 0.25) is 0 Å². The minimum Gasteiger partial charge on any atom is -0.322 e. The summed E-state index contributed by atoms with van der Waals surface area (Å²) in [6.07, 6.45) is 0. The molecule has 5 nitrogen and oxygen atoms in total. The van der Waals surface area contributed by atoms with Crippen molar-refractivity contribution >= 4 is 21.6 Å². The summed E-state index contributed by atoms with van der Waals surface area (Å²) in [6, 6.07) is 11.0. The molecule has 0 aliphatic rings. The van der Waals surface area contributed by atoms with Crippen LogP contribution in [-0.4, -0.2) is 19.9 Å². The van der Waals surface area contributed by atoms with Crippen LogP contribution in [-0.2, 0) is 10.0 Å². The third-order valence-electron chi connectivity index (χ3n) is 2.95. The van der Waals surface area contributed by atoms with Gasteiger partial charge in [-0.2, -0.15) is 0 Å². The Labute approximate surface area is 141 Å². The zero-order chi connectivity index (χ0) is 18.0. The summed E-state index contributed by atoms with van der Waals surface area (Å²) in [5.41, 5.74) is -0.0239. The summed E-state index contributed by atoms with van der Waals surface area (Å²) in [7, 11) is -3.73. The van der Waals surface area contributed by atoms with E-state index in [0.717, 1.165) is 0 Å². The van der Waals surface area contributed by atoms with Gasteiger partial charge in [0.2, 0.25) is 10.0 Å². The fraction of sp³-hybridized carbons (Fsp3) is 0.235. The Bertz CT molecular complexity index is 841. The smallest absolute Gasteiger partial charge is 0.255 e. The summed E-state index contributed by atoms with van der Waals surface area (Å²) in [5, 5.41) is 2.59. The van der Waals surface area contributed by atoms with Crippen LogP contribution in [0, 0.1) is 5.82 Å². The first-order valence-electron chi connectivity index (χ1n) is 7.28. The Hall–Kier alpha value is -2.25. The van der Waals surface area contributed by atoms with Crippen LogP contribution >= 0.6 is 0 Å². The molecule has 128 valence electrons. The second kappa shape index (κ2) is 6.70. The minimum atomic E-state index is -3.73. The number of hydrogen-bond acceptors (Lipinski definition) is 3. The predicted octanol–water partition coefficient (Wildman–Crippen LogP) is 3.15. The number of hydrogen-bond donors (Lipinski definition) is 2. The van der Waals surface area contributed by atoms with E-state index in [-0.39, 0.29) is 10.5 Å². The SMILES string of the molecule is CC(C)(C)NS(=O)(=O)c1cccc(C(=O)Nc2ccc(F)cc2)c1. The van der Waals surface area contributed by atoms with E-state index in [9.17, 15) is 17.6 Å². The van der Waals surface area contributed by atoms with Crippen molar-refractivity contribution in [3.63, 3.8) is 0 Å². The maximum absolute atomic E-state index is 12.9. The van der Waals surface area contributed by atoms with Gasteiger partial charge in [0.1, 0.15) is 5.82 Å². The highest BCUT2D eigenvalue weighted by Gasteiger charge is 2.22. The number of benzene rings is 2. The molecule has 2 N–H and O–H groups in total. The standard InChI is InChI=1S/C17H19FN2O3S/c1-17(2,3)20-24(22,23)15-6-4-5-12(11-15)16(21)19-14-9-7-13(18)8-10-14/h4-11,20H,1-3H3,(H,19,21). The Morgan fingerprint density at radius 3 is 2.25 bits per heavy atom. The molecule has 0 spiro atoms. The lowest BCUT2D eigenvalue weighted by atomic mass is 10.1. The molecule has 2 aromatic carbocycles. The Morgan fingerprint density at radius 2 is 1.67 bits per heavy atom. The largest absolute Gasteiger partial charge is 0.322 e. The molecule has 7 heteroatoms. The minimum absolute atomic E-state index is 0.00387. The first-order chi connectivity index (χ1) is 11.1. The molecule has 2 rings (SSSR count). The van der Waals surface area contributed by atoms with Gasteiger partial charge in [-0.15, -0.1) is 0 Å². The average Bonchev–Trinajstić information content (AvgIpc) is 2.47. The molecule has 0 aliphatic heterocycles. The van der Waals surface area contributed by atoms with Crippen molar-refractivity contribution < 1.29 is 17.6 Å².